The molecule has 22 heavy (non-hydrogen) atoms. The summed E-state index contributed by atoms with van der Waals surface area (Å²) in [6.45, 7) is 1.94. The van der Waals surface area contributed by atoms with Crippen LogP contribution >= 0.6 is 0 Å². The van der Waals surface area contributed by atoms with E-state index in [1.165, 1.54) is 29.0 Å². The van der Waals surface area contributed by atoms with E-state index < -0.39 is 17.7 Å². The molecule has 2 aromatic rings. The standard InChI is InChI=1S/C14H13F3N2O3/c1-2-19-7-10(13(20)21)18-12(19)8-22-11-6-4-3-5-9(11)14(15,16)17/h3-7H,2,8H2,1H3,(H,20,21). The van der Waals surface area contributed by atoms with Crippen LogP contribution in [-0.2, 0) is 19.3 Å². The molecule has 8 heteroatoms. The molecular formula is C14H13F3N2O3. The molecule has 0 aliphatic rings. The molecule has 2 rings (SSSR count). The van der Waals surface area contributed by atoms with Gasteiger partial charge in [0.1, 0.15) is 18.2 Å². The number of aromatic carboxylic acids is 1. The number of carboxylic acid groups (broad SMARTS) is 1. The van der Waals surface area contributed by atoms with Crippen LogP contribution in [-0.4, -0.2) is 20.6 Å². The van der Waals surface area contributed by atoms with Crippen LogP contribution in [0.5, 0.6) is 5.75 Å². The number of hydrogen-bond donors (Lipinski definition) is 1. The average Bonchev–Trinajstić information content (AvgIpc) is 2.88. The molecule has 0 atom stereocenters. The van der Waals surface area contributed by atoms with Crippen LogP contribution in [0.4, 0.5) is 13.2 Å². The molecule has 1 aromatic carbocycles. The highest BCUT2D eigenvalue weighted by Crippen LogP contribution is 2.36. The number of hydrogen-bond acceptors (Lipinski definition) is 3. The Morgan fingerprint density at radius 1 is 1.36 bits per heavy atom. The number of halogens is 3. The van der Waals surface area contributed by atoms with E-state index in [0.29, 0.717) is 6.54 Å². The molecule has 118 valence electrons. The van der Waals surface area contributed by atoms with E-state index in [1.807, 2.05) is 0 Å². The Morgan fingerprint density at radius 3 is 2.64 bits per heavy atom. The number of ether oxygens (including phenoxy) is 1. The summed E-state index contributed by atoms with van der Waals surface area (Å²) in [6, 6.07) is 4.83. The Bertz CT molecular complexity index is 680. The summed E-state index contributed by atoms with van der Waals surface area (Å²) in [6.07, 6.45) is -3.21. The number of imidazole rings is 1. The highest BCUT2D eigenvalue weighted by molar-refractivity contribution is 5.85. The number of nitrogens with zero attached hydrogens (tertiary/aromatic N) is 2. The third-order valence-electron chi connectivity index (χ3n) is 2.97. The first-order chi connectivity index (χ1) is 10.3. The summed E-state index contributed by atoms with van der Waals surface area (Å²) in [5, 5.41) is 8.89. The lowest BCUT2D eigenvalue weighted by molar-refractivity contribution is -0.139. The fourth-order valence-corrected chi connectivity index (χ4v) is 1.92. The van der Waals surface area contributed by atoms with Crippen LogP contribution in [0.25, 0.3) is 0 Å². The first-order valence-corrected chi connectivity index (χ1v) is 6.41. The maximum absolute atomic E-state index is 12.9. The monoisotopic (exact) mass is 314 g/mol. The first kappa shape index (κ1) is 15.9. The predicted molar refractivity (Wildman–Crippen MR) is 70.6 cm³/mol. The van der Waals surface area contributed by atoms with E-state index in [2.05, 4.69) is 4.98 Å². The summed E-state index contributed by atoms with van der Waals surface area (Å²) in [7, 11) is 0. The fraction of sp³-hybridized carbons (Fsp3) is 0.286. The van der Waals surface area contributed by atoms with Gasteiger partial charge < -0.3 is 14.4 Å². The maximum atomic E-state index is 12.9. The van der Waals surface area contributed by atoms with E-state index in [0.717, 1.165) is 6.07 Å². The lowest BCUT2D eigenvalue weighted by Crippen LogP contribution is -2.10. The highest BCUT2D eigenvalue weighted by Gasteiger charge is 2.34. The van der Waals surface area contributed by atoms with Gasteiger partial charge in [0.05, 0.1) is 5.56 Å². The molecule has 1 aromatic heterocycles. The number of alkyl halides is 3. The molecule has 0 saturated carbocycles. The highest BCUT2D eigenvalue weighted by atomic mass is 19.4. The molecule has 0 amide bonds. The number of aromatic nitrogens is 2. The molecule has 0 unspecified atom stereocenters. The van der Waals surface area contributed by atoms with Crippen molar-refractivity contribution in [2.24, 2.45) is 0 Å². The molecule has 1 heterocycles. The van der Waals surface area contributed by atoms with Crippen molar-refractivity contribution >= 4 is 5.97 Å². The zero-order chi connectivity index (χ0) is 16.3. The van der Waals surface area contributed by atoms with E-state index in [1.54, 1.807) is 6.92 Å². The maximum Gasteiger partial charge on any atom is 0.419 e. The Balaban J connectivity index is 2.22. The minimum Gasteiger partial charge on any atom is -0.485 e. The van der Waals surface area contributed by atoms with E-state index in [4.69, 9.17) is 9.84 Å². The van der Waals surface area contributed by atoms with E-state index in [-0.39, 0.29) is 23.9 Å². The number of para-hydroxylation sites is 1. The minimum atomic E-state index is -4.52. The summed E-state index contributed by atoms with van der Waals surface area (Å²) < 4.78 is 45.3. The van der Waals surface area contributed by atoms with Crippen LogP contribution in [0.3, 0.4) is 0 Å². The molecule has 0 aliphatic heterocycles. The lowest BCUT2D eigenvalue weighted by Gasteiger charge is -2.13. The van der Waals surface area contributed by atoms with Gasteiger partial charge in [-0.2, -0.15) is 13.2 Å². The van der Waals surface area contributed by atoms with Crippen molar-refractivity contribution in [1.82, 2.24) is 9.55 Å². The quantitative estimate of drug-likeness (QED) is 0.920. The van der Waals surface area contributed by atoms with Crippen molar-refractivity contribution < 1.29 is 27.8 Å². The van der Waals surface area contributed by atoms with Crippen molar-refractivity contribution in [2.75, 3.05) is 0 Å². The van der Waals surface area contributed by atoms with Gasteiger partial charge in [0.2, 0.25) is 0 Å². The molecule has 0 radical (unpaired) electrons. The van der Waals surface area contributed by atoms with Crippen molar-refractivity contribution in [3.8, 4) is 5.75 Å². The molecule has 5 nitrogen and oxygen atoms in total. The lowest BCUT2D eigenvalue weighted by atomic mass is 10.2. The summed E-state index contributed by atoms with van der Waals surface area (Å²) in [4.78, 5) is 14.7. The summed E-state index contributed by atoms with van der Waals surface area (Å²) in [5.74, 6) is -1.28. The number of benzene rings is 1. The Morgan fingerprint density at radius 2 is 2.05 bits per heavy atom. The number of rotatable bonds is 5. The van der Waals surface area contributed by atoms with Gasteiger partial charge in [-0.05, 0) is 19.1 Å². The van der Waals surface area contributed by atoms with E-state index in [9.17, 15) is 18.0 Å². The number of carboxylic acids is 1. The molecule has 0 fully saturated rings. The number of carbonyl (C=O) groups is 1. The SMILES string of the molecule is CCn1cc(C(=O)O)nc1COc1ccccc1C(F)(F)F. The largest absolute Gasteiger partial charge is 0.485 e. The average molecular weight is 314 g/mol. The van der Waals surface area contributed by atoms with Gasteiger partial charge in [-0.25, -0.2) is 9.78 Å². The third kappa shape index (κ3) is 3.38. The van der Waals surface area contributed by atoms with E-state index >= 15 is 0 Å². The fourth-order valence-electron chi connectivity index (χ4n) is 1.92. The Labute approximate surface area is 124 Å². The molecule has 0 bridgehead atoms. The van der Waals surface area contributed by atoms with Crippen LogP contribution < -0.4 is 4.74 Å². The van der Waals surface area contributed by atoms with Crippen LogP contribution in [0.1, 0.15) is 28.8 Å². The summed E-state index contributed by atoms with van der Waals surface area (Å²) >= 11 is 0. The normalized spacial score (nSPS) is 11.5. The van der Waals surface area contributed by atoms with Crippen LogP contribution in [0.15, 0.2) is 30.5 Å². The molecular weight excluding hydrogens is 301 g/mol. The minimum absolute atomic E-state index is 0.176. The molecule has 0 aliphatic carbocycles. The van der Waals surface area contributed by atoms with Gasteiger partial charge in [-0.1, -0.05) is 12.1 Å². The predicted octanol–water partition coefficient (Wildman–Crippen LogP) is 3.20. The Kier molecular flexibility index (Phi) is 4.39. The smallest absolute Gasteiger partial charge is 0.419 e. The van der Waals surface area contributed by atoms with Gasteiger partial charge >= 0.3 is 12.1 Å². The van der Waals surface area contributed by atoms with Crippen molar-refractivity contribution in [2.45, 2.75) is 26.3 Å². The van der Waals surface area contributed by atoms with Gasteiger partial charge in [-0.3, -0.25) is 0 Å². The van der Waals surface area contributed by atoms with Crippen LogP contribution in [0.2, 0.25) is 0 Å². The molecule has 0 spiro atoms. The second kappa shape index (κ2) is 6.08. The molecule has 0 saturated heterocycles. The third-order valence-corrected chi connectivity index (χ3v) is 2.97. The van der Waals surface area contributed by atoms with Crippen molar-refractivity contribution in [3.63, 3.8) is 0 Å². The zero-order valence-electron chi connectivity index (χ0n) is 11.6. The van der Waals surface area contributed by atoms with Crippen molar-refractivity contribution in [1.29, 1.82) is 0 Å². The van der Waals surface area contributed by atoms with Gasteiger partial charge in [0, 0.05) is 12.7 Å². The zero-order valence-corrected chi connectivity index (χ0v) is 11.6. The Hall–Kier alpha value is -2.51. The van der Waals surface area contributed by atoms with Gasteiger partial charge in [-0.15, -0.1) is 0 Å². The first-order valence-electron chi connectivity index (χ1n) is 6.41. The van der Waals surface area contributed by atoms with Gasteiger partial charge in [0.15, 0.2) is 5.69 Å². The van der Waals surface area contributed by atoms with Crippen LogP contribution in [0, 0.1) is 0 Å². The van der Waals surface area contributed by atoms with Gasteiger partial charge in [0.25, 0.3) is 0 Å². The number of aryl methyl sites for hydroxylation is 1. The second-order valence-electron chi connectivity index (χ2n) is 4.42. The van der Waals surface area contributed by atoms with Crippen molar-refractivity contribution in [3.05, 3.63) is 47.5 Å². The summed E-state index contributed by atoms with van der Waals surface area (Å²) in [5.41, 5.74) is -1.06. The second-order valence-corrected chi connectivity index (χ2v) is 4.42. The topological polar surface area (TPSA) is 64.4 Å². The molecule has 1 N–H and O–H groups in total.